The normalized spacial score (nSPS) is 15.3. The molecule has 8 nitrogen and oxygen atoms in total. The van der Waals surface area contributed by atoms with Crippen molar-refractivity contribution in [3.63, 3.8) is 0 Å². The van der Waals surface area contributed by atoms with E-state index in [0.717, 1.165) is 48.5 Å². The van der Waals surface area contributed by atoms with Gasteiger partial charge in [0.2, 0.25) is 0 Å². The zero-order valence-electron chi connectivity index (χ0n) is 24.2. The van der Waals surface area contributed by atoms with Crippen LogP contribution in [-0.2, 0) is 0 Å². The topological polar surface area (TPSA) is 84.0 Å². The number of hydrogen-bond donors (Lipinski definition) is 0. The van der Waals surface area contributed by atoms with E-state index in [1.807, 2.05) is 0 Å². The Morgan fingerprint density at radius 2 is 0.720 bits per heavy atom. The third kappa shape index (κ3) is 3.78. The summed E-state index contributed by atoms with van der Waals surface area (Å²) < 4.78 is 125. The molecule has 18 heteroatoms. The van der Waals surface area contributed by atoms with E-state index in [1.165, 1.54) is 5.11 Å². The first-order valence-corrected chi connectivity index (χ1v) is 21.6. The molecular weight excluding hydrogens is 799 g/mol. The Morgan fingerprint density at radius 3 is 1.08 bits per heavy atom. The van der Waals surface area contributed by atoms with E-state index in [4.69, 9.17) is 8.58 Å². The Labute approximate surface area is 283 Å². The molecule has 0 fully saturated rings. The summed E-state index contributed by atoms with van der Waals surface area (Å²) in [6.07, 6.45) is 0. The van der Waals surface area contributed by atoms with Crippen LogP contribution in [0.1, 0.15) is 22.3 Å². The number of aliphatic imine (C=N–C) groups is 4. The molecule has 0 amide bonds. The predicted octanol–water partition coefficient (Wildman–Crippen LogP) is 6.27. The molecule has 6 aromatic rings. The van der Waals surface area contributed by atoms with Crippen molar-refractivity contribution >= 4 is 85.9 Å². The van der Waals surface area contributed by atoms with Crippen molar-refractivity contribution in [3.8, 4) is 0 Å². The molecule has 4 aromatic carbocycles. The maximum atomic E-state index is 15.5. The quantitative estimate of drug-likeness (QED) is 0.162. The number of aromatic nitrogens is 2. The molecule has 0 unspecified atom stereocenters. The molecule has 50 heavy (non-hydrogen) atoms. The number of nitrogens with zero attached hydrogens (tertiary/aromatic N) is 8. The summed E-state index contributed by atoms with van der Waals surface area (Å²) in [6, 6.07) is 6.52. The number of amidine groups is 4. The van der Waals surface area contributed by atoms with Gasteiger partial charge in [0.15, 0.2) is 0 Å². The fourth-order valence-corrected chi connectivity index (χ4v) is 14.3. The first-order chi connectivity index (χ1) is 24.0. The molecule has 4 aliphatic rings. The Kier molecular flexibility index (Phi) is 5.93. The van der Waals surface area contributed by atoms with Crippen LogP contribution in [0.2, 0.25) is 0 Å². The van der Waals surface area contributed by atoms with Gasteiger partial charge in [-0.3, -0.25) is 0 Å². The Bertz CT molecular complexity index is 2760. The summed E-state index contributed by atoms with van der Waals surface area (Å²) in [5, 5.41) is -0.471. The van der Waals surface area contributed by atoms with E-state index in [-0.39, 0.29) is 44.2 Å². The van der Waals surface area contributed by atoms with Gasteiger partial charge >= 0.3 is 284 Å². The molecule has 0 aliphatic carbocycles. The SMILES string of the molecule is Fc1cc2c3[n]4c(c2cc1F)N=C1N=C(N=c2c5cc(F)c(F)cc5c([n]2[In]4[Cl])=NC2=NC(=N3)c3c(F)ccc(F)c32)c2c(F)ccc(F)c21. The van der Waals surface area contributed by atoms with Gasteiger partial charge in [-0.05, 0) is 0 Å². The van der Waals surface area contributed by atoms with Gasteiger partial charge in [0.25, 0.3) is 0 Å². The van der Waals surface area contributed by atoms with E-state index in [2.05, 4.69) is 30.0 Å². The monoisotopic (exact) mass is 806 g/mol. The first kappa shape index (κ1) is 29.7. The molecule has 6 bridgehead atoms. The first-order valence-electron chi connectivity index (χ1n) is 14.5. The molecule has 0 radical (unpaired) electrons. The number of fused-ring (bicyclic) bond motifs is 14. The van der Waals surface area contributed by atoms with Crippen LogP contribution in [0.3, 0.4) is 0 Å². The second-order valence-electron chi connectivity index (χ2n) is 11.5. The van der Waals surface area contributed by atoms with Crippen LogP contribution in [0.25, 0.3) is 21.5 Å². The summed E-state index contributed by atoms with van der Waals surface area (Å²) in [5.74, 6) is -11.2. The van der Waals surface area contributed by atoms with E-state index in [0.29, 0.717) is 0 Å². The summed E-state index contributed by atoms with van der Waals surface area (Å²) in [6.45, 7) is 0. The molecule has 6 heterocycles. The summed E-state index contributed by atoms with van der Waals surface area (Å²) in [5.41, 5.74) is -2.16. The molecule has 10 rings (SSSR count). The molecule has 0 N–H and O–H groups in total. The van der Waals surface area contributed by atoms with Crippen molar-refractivity contribution in [2.45, 2.75) is 0 Å². The van der Waals surface area contributed by atoms with Crippen molar-refractivity contribution in [2.24, 2.45) is 30.0 Å². The molecule has 2 aromatic heterocycles. The number of benzene rings is 4. The van der Waals surface area contributed by atoms with Crippen LogP contribution in [0.4, 0.5) is 46.8 Å². The van der Waals surface area contributed by atoms with Crippen molar-refractivity contribution in [3.05, 3.63) is 128 Å². The van der Waals surface area contributed by atoms with Crippen molar-refractivity contribution in [2.75, 3.05) is 0 Å². The van der Waals surface area contributed by atoms with Crippen molar-refractivity contribution < 1.29 is 35.1 Å². The molecule has 242 valence electrons. The number of rotatable bonds is 0. The Morgan fingerprint density at radius 1 is 0.400 bits per heavy atom. The molecule has 0 saturated carbocycles. The second kappa shape index (κ2) is 9.97. The minimum atomic E-state index is -4.71. The van der Waals surface area contributed by atoms with Gasteiger partial charge in [0.05, 0.1) is 0 Å². The standard InChI is InChI=1S/C32H8F8N8.ClH.In/c33-13-1-2-14(34)22-21(13)29-43-25-9-5-17(37)18(38)6-10(9)27(41-25)45-31-23-15(35)3-4-16(36)24(23)32(48-31)46-28-12-8-20(40)19(39)7-11(12)26(42-28)44-30(22)47-29;;/h1-8H;1H;/q-2;;+3/p-1. The van der Waals surface area contributed by atoms with Crippen LogP contribution >= 0.6 is 8.58 Å². The summed E-state index contributed by atoms with van der Waals surface area (Å²) in [7, 11) is 7.44. The van der Waals surface area contributed by atoms with Crippen LogP contribution in [0.15, 0.2) is 78.5 Å². The van der Waals surface area contributed by atoms with Gasteiger partial charge in [0.1, 0.15) is 0 Å². The molecule has 0 spiro atoms. The molecular formula is C32H8ClF8InN8. The van der Waals surface area contributed by atoms with Gasteiger partial charge in [-0.2, -0.15) is 0 Å². The van der Waals surface area contributed by atoms with E-state index in [1.54, 1.807) is 0 Å². The number of halogens is 9. The summed E-state index contributed by atoms with van der Waals surface area (Å²) in [4.78, 5) is 26.7. The van der Waals surface area contributed by atoms with Crippen molar-refractivity contribution in [1.29, 1.82) is 0 Å². The van der Waals surface area contributed by atoms with Gasteiger partial charge < -0.3 is 0 Å². The van der Waals surface area contributed by atoms with Crippen LogP contribution in [0.5, 0.6) is 0 Å². The van der Waals surface area contributed by atoms with E-state index < -0.39 is 113 Å². The van der Waals surface area contributed by atoms with Crippen LogP contribution in [-0.4, -0.2) is 49.3 Å². The van der Waals surface area contributed by atoms with Crippen LogP contribution < -0.4 is 11.0 Å². The Balaban J connectivity index is 1.52. The van der Waals surface area contributed by atoms with E-state index in [9.17, 15) is 17.6 Å². The van der Waals surface area contributed by atoms with Crippen molar-refractivity contribution in [1.82, 2.24) is 5.11 Å². The van der Waals surface area contributed by atoms with Gasteiger partial charge in [-0.25, -0.2) is 0 Å². The molecule has 0 atom stereocenters. The van der Waals surface area contributed by atoms with E-state index >= 15 is 17.6 Å². The molecule has 4 aliphatic heterocycles. The zero-order valence-corrected chi connectivity index (χ0v) is 28.2. The third-order valence-corrected chi connectivity index (χ3v) is 16.6. The second-order valence-corrected chi connectivity index (χ2v) is 18.8. The van der Waals surface area contributed by atoms with Gasteiger partial charge in [-0.15, -0.1) is 0 Å². The minimum absolute atomic E-state index is 0.118. The predicted molar refractivity (Wildman–Crippen MR) is 167 cm³/mol. The third-order valence-electron chi connectivity index (χ3n) is 8.80. The Hall–Kier alpha value is -5.16. The van der Waals surface area contributed by atoms with Gasteiger partial charge in [0, 0.05) is 0 Å². The fourth-order valence-electron chi connectivity index (χ4n) is 6.66. The average molecular weight is 807 g/mol. The summed E-state index contributed by atoms with van der Waals surface area (Å²) >= 11 is -4.71. The average Bonchev–Trinajstić information content (AvgIpc) is 3.78. The fraction of sp³-hybridized carbons (Fsp3) is 0. The number of hydrogen-bond acceptors (Lipinski definition) is 6. The van der Waals surface area contributed by atoms with Gasteiger partial charge in [-0.1, -0.05) is 0 Å². The maximum absolute atomic E-state index is 15.5. The van der Waals surface area contributed by atoms with Crippen LogP contribution in [0, 0.1) is 46.5 Å². The molecule has 0 saturated heterocycles. The zero-order chi connectivity index (χ0) is 34.5.